The first-order valence-corrected chi connectivity index (χ1v) is 7.28. The van der Waals surface area contributed by atoms with E-state index in [1.165, 1.54) is 11.1 Å². The second-order valence-electron chi connectivity index (χ2n) is 3.55. The highest BCUT2D eigenvalue weighted by Gasteiger charge is 1.95. The second-order valence-corrected chi connectivity index (χ2v) is 4.33. The van der Waals surface area contributed by atoms with Crippen LogP contribution in [0.3, 0.4) is 0 Å². The van der Waals surface area contributed by atoms with Gasteiger partial charge < -0.3 is 21.2 Å². The first-order chi connectivity index (χ1) is 9.34. The standard InChI is InChI=1S/C13H14OS.C2H6.CH2O.CH4.H3N.H2O.H2/c1-11-3-2-4-13(9-11)14-7-5-12-6-8-15-10-12;2*1-2;;;;/h2-4,6,8-10H,5,7H2,1H3;1-2H3;1H2;1H4;1H3;1H2;1H. The average Bonchev–Trinajstić information content (AvgIpc) is 2.97. The molecule has 0 aliphatic rings. The van der Waals surface area contributed by atoms with E-state index in [-0.39, 0.29) is 20.5 Å². The molecule has 0 aliphatic carbocycles. The van der Waals surface area contributed by atoms with Crippen molar-refractivity contribution in [2.24, 2.45) is 0 Å². The van der Waals surface area contributed by atoms with Gasteiger partial charge in [-0.1, -0.05) is 33.4 Å². The summed E-state index contributed by atoms with van der Waals surface area (Å²) < 4.78 is 5.66. The normalized spacial score (nSPS) is 7.41. The lowest BCUT2D eigenvalue weighted by molar-refractivity contribution is -0.0979. The summed E-state index contributed by atoms with van der Waals surface area (Å²) in [7, 11) is 0. The zero-order chi connectivity index (χ0) is 14.5. The molecule has 130 valence electrons. The zero-order valence-electron chi connectivity index (χ0n) is 13.1. The Morgan fingerprint density at radius 1 is 1.23 bits per heavy atom. The van der Waals surface area contributed by atoms with Gasteiger partial charge in [-0.25, -0.2) is 0 Å². The van der Waals surface area contributed by atoms with Crippen molar-refractivity contribution in [1.29, 1.82) is 0 Å². The lowest BCUT2D eigenvalue weighted by Gasteiger charge is -2.05. The molecule has 5 heteroatoms. The van der Waals surface area contributed by atoms with Crippen molar-refractivity contribution in [2.45, 2.75) is 34.6 Å². The summed E-state index contributed by atoms with van der Waals surface area (Å²) in [5.41, 5.74) is 2.59. The topological polar surface area (TPSA) is 92.8 Å². The molecule has 0 atom stereocenters. The van der Waals surface area contributed by atoms with Crippen molar-refractivity contribution in [1.82, 2.24) is 6.15 Å². The Morgan fingerprint density at radius 2 is 1.86 bits per heavy atom. The molecule has 0 bridgehead atoms. The number of thiophene rings is 1. The maximum Gasteiger partial charge on any atom is 0.119 e. The van der Waals surface area contributed by atoms with E-state index in [0.717, 1.165) is 18.8 Å². The van der Waals surface area contributed by atoms with Gasteiger partial charge in [0, 0.05) is 7.85 Å². The molecule has 2 rings (SSSR count). The third-order valence-electron chi connectivity index (χ3n) is 2.23. The predicted octanol–water partition coefficient (Wildman–Crippen LogP) is 4.74. The Kier molecular flexibility index (Phi) is 25.0. The minimum absolute atomic E-state index is 0. The van der Waals surface area contributed by atoms with E-state index in [2.05, 4.69) is 35.9 Å². The van der Waals surface area contributed by atoms with Crippen LogP contribution in [0.15, 0.2) is 41.1 Å². The SMILES string of the molecule is C.C=O.CC.Cc1cccc(OCCc2ccsc2)c1.N.O.[HH]. The van der Waals surface area contributed by atoms with E-state index in [1.54, 1.807) is 11.3 Å². The summed E-state index contributed by atoms with van der Waals surface area (Å²) in [5, 5.41) is 4.27. The fraction of sp³-hybridized carbons (Fsp3) is 0.353. The summed E-state index contributed by atoms with van der Waals surface area (Å²) in [6.07, 6.45) is 0.984. The number of hydrogen-bond acceptors (Lipinski definition) is 4. The zero-order valence-corrected chi connectivity index (χ0v) is 13.9. The molecule has 4 nitrogen and oxygen atoms in total. The van der Waals surface area contributed by atoms with Crippen molar-refractivity contribution < 1.29 is 16.4 Å². The van der Waals surface area contributed by atoms with Crippen LogP contribution in [-0.2, 0) is 11.2 Å². The van der Waals surface area contributed by atoms with Crippen LogP contribution in [0.5, 0.6) is 5.75 Å². The van der Waals surface area contributed by atoms with Gasteiger partial charge in [-0.15, -0.1) is 0 Å². The van der Waals surface area contributed by atoms with Gasteiger partial charge >= 0.3 is 0 Å². The van der Waals surface area contributed by atoms with Gasteiger partial charge in [-0.3, -0.25) is 0 Å². The second kappa shape index (κ2) is 19.3. The van der Waals surface area contributed by atoms with Crippen LogP contribution >= 0.6 is 11.3 Å². The number of rotatable bonds is 4. The van der Waals surface area contributed by atoms with Crippen LogP contribution in [-0.4, -0.2) is 18.9 Å². The Morgan fingerprint density at radius 3 is 2.36 bits per heavy atom. The molecule has 0 aliphatic heterocycles. The van der Waals surface area contributed by atoms with Gasteiger partial charge in [0.2, 0.25) is 0 Å². The minimum atomic E-state index is 0. The summed E-state index contributed by atoms with van der Waals surface area (Å²) in [4.78, 5) is 8.00. The third kappa shape index (κ3) is 12.1. The maximum absolute atomic E-state index is 8.00. The van der Waals surface area contributed by atoms with Crippen molar-refractivity contribution in [3.05, 3.63) is 52.2 Å². The summed E-state index contributed by atoms with van der Waals surface area (Å²) in [6, 6.07) is 10.3. The first kappa shape index (κ1) is 28.5. The van der Waals surface area contributed by atoms with Crippen molar-refractivity contribution in [3.8, 4) is 5.75 Å². The molecule has 5 N–H and O–H groups in total. The lowest BCUT2D eigenvalue weighted by atomic mass is 10.2. The number of benzene rings is 1. The Balaban J connectivity index is -0.000000126. The van der Waals surface area contributed by atoms with Crippen LogP contribution in [0.1, 0.15) is 33.8 Å². The fourth-order valence-corrected chi connectivity index (χ4v) is 2.13. The van der Waals surface area contributed by atoms with Gasteiger partial charge in [-0.2, -0.15) is 11.3 Å². The van der Waals surface area contributed by atoms with Crippen molar-refractivity contribution >= 4 is 18.1 Å². The van der Waals surface area contributed by atoms with Gasteiger partial charge in [0.15, 0.2) is 0 Å². The minimum Gasteiger partial charge on any atom is -0.493 e. The highest BCUT2D eigenvalue weighted by atomic mass is 32.1. The van der Waals surface area contributed by atoms with Crippen LogP contribution in [0.25, 0.3) is 0 Å². The van der Waals surface area contributed by atoms with Gasteiger partial charge in [0.25, 0.3) is 0 Å². The van der Waals surface area contributed by atoms with Crippen molar-refractivity contribution in [2.75, 3.05) is 6.61 Å². The number of aryl methyl sites for hydroxylation is 1. The van der Waals surface area contributed by atoms with Crippen LogP contribution in [0, 0.1) is 6.92 Å². The maximum atomic E-state index is 8.00. The van der Waals surface area contributed by atoms with E-state index in [0.29, 0.717) is 0 Å². The molecule has 1 heterocycles. The van der Waals surface area contributed by atoms with E-state index < -0.39 is 0 Å². The molecule has 1 aromatic carbocycles. The molecule has 0 amide bonds. The summed E-state index contributed by atoms with van der Waals surface area (Å²) in [5.74, 6) is 0.963. The summed E-state index contributed by atoms with van der Waals surface area (Å²) in [6.45, 7) is 8.83. The molecule has 2 aromatic rings. The highest BCUT2D eigenvalue weighted by molar-refractivity contribution is 7.07. The van der Waals surface area contributed by atoms with Crippen molar-refractivity contribution in [3.63, 3.8) is 0 Å². The van der Waals surface area contributed by atoms with Crippen LogP contribution < -0.4 is 10.9 Å². The fourth-order valence-electron chi connectivity index (χ4n) is 1.43. The average molecular weight is 332 g/mol. The van der Waals surface area contributed by atoms with E-state index in [1.807, 2.05) is 32.8 Å². The molecule has 0 saturated carbocycles. The molecule has 0 saturated heterocycles. The summed E-state index contributed by atoms with van der Waals surface area (Å²) >= 11 is 1.73. The van der Waals surface area contributed by atoms with E-state index in [4.69, 9.17) is 9.53 Å². The van der Waals surface area contributed by atoms with E-state index in [9.17, 15) is 0 Å². The molecule has 0 radical (unpaired) electrons. The monoisotopic (exact) mass is 331 g/mol. The Labute approximate surface area is 140 Å². The predicted molar refractivity (Wildman–Crippen MR) is 101 cm³/mol. The lowest BCUT2D eigenvalue weighted by Crippen LogP contribution is -2.00. The molecule has 22 heavy (non-hydrogen) atoms. The molecular weight excluding hydrogens is 298 g/mol. The number of carbonyl (C=O) groups excluding carboxylic acids is 1. The largest absolute Gasteiger partial charge is 0.493 e. The van der Waals surface area contributed by atoms with Gasteiger partial charge in [0.1, 0.15) is 12.5 Å². The highest BCUT2D eigenvalue weighted by Crippen LogP contribution is 2.13. The molecule has 0 unspecified atom stereocenters. The van der Waals surface area contributed by atoms with Crippen LogP contribution in [0.4, 0.5) is 0 Å². The number of carbonyl (C=O) groups is 1. The first-order valence-electron chi connectivity index (χ1n) is 6.34. The van der Waals surface area contributed by atoms with Crippen LogP contribution in [0.2, 0.25) is 0 Å². The molecule has 0 spiro atoms. The van der Waals surface area contributed by atoms with E-state index >= 15 is 0 Å². The molecular formula is C17H33NO3S. The Hall–Kier alpha value is -1.69. The number of hydrogen-bond donors (Lipinski definition) is 1. The number of ether oxygens (including phenoxy) is 1. The Bertz CT molecular complexity index is 439. The molecule has 1 aromatic heterocycles. The molecule has 0 fully saturated rings. The quantitative estimate of drug-likeness (QED) is 0.876. The smallest absolute Gasteiger partial charge is 0.119 e. The third-order valence-corrected chi connectivity index (χ3v) is 2.96. The van der Waals surface area contributed by atoms with Gasteiger partial charge in [0.05, 0.1) is 6.61 Å². The van der Waals surface area contributed by atoms with Gasteiger partial charge in [-0.05, 0) is 47.0 Å².